The van der Waals surface area contributed by atoms with E-state index in [0.29, 0.717) is 6.54 Å². The summed E-state index contributed by atoms with van der Waals surface area (Å²) in [5.41, 5.74) is 0.0257. The van der Waals surface area contributed by atoms with Gasteiger partial charge in [0.15, 0.2) is 0 Å². The van der Waals surface area contributed by atoms with E-state index in [4.69, 9.17) is 0 Å². The molecule has 86 valence electrons. The molecule has 3 nitrogen and oxygen atoms in total. The zero-order valence-corrected chi connectivity index (χ0v) is 9.22. The highest BCUT2D eigenvalue weighted by molar-refractivity contribution is 5.87. The Labute approximate surface area is 94.0 Å². The highest BCUT2D eigenvalue weighted by atomic mass is 19.1. The van der Waals surface area contributed by atoms with Gasteiger partial charge < -0.3 is 5.32 Å². The lowest BCUT2D eigenvalue weighted by atomic mass is 9.91. The number of hydrogen-bond acceptors (Lipinski definition) is 2. The molecule has 1 atom stereocenters. The predicted molar refractivity (Wildman–Crippen MR) is 59.4 cm³/mol. The minimum Gasteiger partial charge on any atom is -0.354 e. The minimum atomic E-state index is -0.760. The largest absolute Gasteiger partial charge is 0.354 e. The summed E-state index contributed by atoms with van der Waals surface area (Å²) in [7, 11) is 0. The summed E-state index contributed by atoms with van der Waals surface area (Å²) in [5, 5.41) is 6.06. The van der Waals surface area contributed by atoms with Crippen molar-refractivity contribution in [2.24, 2.45) is 0 Å². The number of carbonyl (C=O) groups is 1. The van der Waals surface area contributed by atoms with Gasteiger partial charge in [0, 0.05) is 6.54 Å². The van der Waals surface area contributed by atoms with E-state index in [-0.39, 0.29) is 11.7 Å². The SMILES string of the molecule is CC1(c2ccc(F)cc2)NCCCNC1=O. The third kappa shape index (κ3) is 1.93. The van der Waals surface area contributed by atoms with Crippen molar-refractivity contribution in [3.05, 3.63) is 35.6 Å². The van der Waals surface area contributed by atoms with E-state index in [1.165, 1.54) is 12.1 Å². The number of benzene rings is 1. The zero-order valence-electron chi connectivity index (χ0n) is 9.22. The normalized spacial score (nSPS) is 26.0. The van der Waals surface area contributed by atoms with Crippen LogP contribution in [0.1, 0.15) is 18.9 Å². The standard InChI is InChI=1S/C12H15FN2O/c1-12(9-3-5-10(13)6-4-9)11(16)14-7-2-8-15-12/h3-6,15H,2,7-8H2,1H3,(H,14,16). The average molecular weight is 222 g/mol. The summed E-state index contributed by atoms with van der Waals surface area (Å²) >= 11 is 0. The van der Waals surface area contributed by atoms with Gasteiger partial charge in [-0.15, -0.1) is 0 Å². The Morgan fingerprint density at radius 1 is 1.25 bits per heavy atom. The molecule has 1 heterocycles. The number of amides is 1. The maximum atomic E-state index is 12.8. The van der Waals surface area contributed by atoms with Crippen molar-refractivity contribution in [3.63, 3.8) is 0 Å². The lowest BCUT2D eigenvalue weighted by Gasteiger charge is -2.27. The van der Waals surface area contributed by atoms with Crippen molar-refractivity contribution >= 4 is 5.91 Å². The van der Waals surface area contributed by atoms with Crippen molar-refractivity contribution in [3.8, 4) is 0 Å². The quantitative estimate of drug-likeness (QED) is 0.748. The molecule has 1 fully saturated rings. The van der Waals surface area contributed by atoms with Crippen molar-refractivity contribution in [1.82, 2.24) is 10.6 Å². The molecule has 16 heavy (non-hydrogen) atoms. The lowest BCUT2D eigenvalue weighted by molar-refractivity contribution is -0.126. The van der Waals surface area contributed by atoms with Crippen LogP contribution >= 0.6 is 0 Å². The van der Waals surface area contributed by atoms with E-state index in [1.54, 1.807) is 12.1 Å². The first-order valence-corrected chi connectivity index (χ1v) is 5.42. The van der Waals surface area contributed by atoms with Crippen LogP contribution in [0.4, 0.5) is 4.39 Å². The number of rotatable bonds is 1. The molecule has 0 radical (unpaired) electrons. The maximum Gasteiger partial charge on any atom is 0.244 e. The fraction of sp³-hybridized carbons (Fsp3) is 0.417. The van der Waals surface area contributed by atoms with Crippen LogP contribution in [0.25, 0.3) is 0 Å². The molecule has 0 spiro atoms. The van der Waals surface area contributed by atoms with Gasteiger partial charge in [-0.2, -0.15) is 0 Å². The Bertz CT molecular complexity index is 391. The molecular formula is C12H15FN2O. The van der Waals surface area contributed by atoms with E-state index < -0.39 is 5.54 Å². The summed E-state index contributed by atoms with van der Waals surface area (Å²) in [6, 6.07) is 6.04. The van der Waals surface area contributed by atoms with Gasteiger partial charge in [-0.1, -0.05) is 12.1 Å². The zero-order chi connectivity index (χ0) is 11.6. The van der Waals surface area contributed by atoms with Crippen LogP contribution in [-0.4, -0.2) is 19.0 Å². The summed E-state index contributed by atoms with van der Waals surface area (Å²) in [4.78, 5) is 12.0. The smallest absolute Gasteiger partial charge is 0.244 e. The summed E-state index contributed by atoms with van der Waals surface area (Å²) < 4.78 is 12.8. The second-order valence-corrected chi connectivity index (χ2v) is 4.17. The first kappa shape index (κ1) is 11.1. The van der Waals surface area contributed by atoms with Crippen molar-refractivity contribution in [2.75, 3.05) is 13.1 Å². The molecule has 0 aromatic heterocycles. The number of carbonyl (C=O) groups excluding carboxylic acids is 1. The molecule has 1 amide bonds. The molecule has 0 aliphatic carbocycles. The molecule has 0 saturated carbocycles. The molecule has 1 unspecified atom stereocenters. The predicted octanol–water partition coefficient (Wildman–Crippen LogP) is 1.15. The maximum absolute atomic E-state index is 12.8. The van der Waals surface area contributed by atoms with E-state index in [2.05, 4.69) is 10.6 Å². The number of nitrogens with one attached hydrogen (secondary N) is 2. The van der Waals surface area contributed by atoms with Gasteiger partial charge in [0.25, 0.3) is 0 Å². The van der Waals surface area contributed by atoms with E-state index in [1.807, 2.05) is 6.92 Å². The van der Waals surface area contributed by atoms with Gasteiger partial charge in [-0.05, 0) is 37.6 Å². The van der Waals surface area contributed by atoms with Crippen molar-refractivity contribution < 1.29 is 9.18 Å². The first-order chi connectivity index (χ1) is 7.63. The van der Waals surface area contributed by atoms with Crippen LogP contribution in [-0.2, 0) is 10.3 Å². The third-order valence-corrected chi connectivity index (χ3v) is 2.99. The van der Waals surface area contributed by atoms with Crippen LogP contribution in [0.15, 0.2) is 24.3 Å². The highest BCUT2D eigenvalue weighted by Crippen LogP contribution is 2.22. The summed E-state index contributed by atoms with van der Waals surface area (Å²) in [6.07, 6.45) is 0.905. The molecule has 1 aromatic rings. The van der Waals surface area contributed by atoms with E-state index >= 15 is 0 Å². The lowest BCUT2D eigenvalue weighted by Crippen LogP contribution is -2.49. The molecule has 2 rings (SSSR count). The van der Waals surface area contributed by atoms with Crippen LogP contribution in [0.2, 0.25) is 0 Å². The van der Waals surface area contributed by atoms with Gasteiger partial charge in [-0.25, -0.2) is 4.39 Å². The van der Waals surface area contributed by atoms with Gasteiger partial charge in [0.1, 0.15) is 11.4 Å². The first-order valence-electron chi connectivity index (χ1n) is 5.42. The molecule has 2 N–H and O–H groups in total. The highest BCUT2D eigenvalue weighted by Gasteiger charge is 2.35. The average Bonchev–Trinajstić information content (AvgIpc) is 2.44. The molecule has 1 aliphatic heterocycles. The Balaban J connectivity index is 2.34. The van der Waals surface area contributed by atoms with Gasteiger partial charge in [-0.3, -0.25) is 10.1 Å². The van der Waals surface area contributed by atoms with Gasteiger partial charge >= 0.3 is 0 Å². The Hall–Kier alpha value is -1.42. The monoisotopic (exact) mass is 222 g/mol. The van der Waals surface area contributed by atoms with E-state index in [9.17, 15) is 9.18 Å². The molecule has 4 heteroatoms. The molecule has 0 bridgehead atoms. The van der Waals surface area contributed by atoms with Crippen LogP contribution in [0.5, 0.6) is 0 Å². The van der Waals surface area contributed by atoms with E-state index in [0.717, 1.165) is 18.5 Å². The number of halogens is 1. The molecule has 1 aromatic carbocycles. The van der Waals surface area contributed by atoms with Gasteiger partial charge in [0.05, 0.1) is 0 Å². The summed E-state index contributed by atoms with van der Waals surface area (Å²) in [6.45, 7) is 3.27. The second-order valence-electron chi connectivity index (χ2n) is 4.17. The van der Waals surface area contributed by atoms with Crippen molar-refractivity contribution in [1.29, 1.82) is 0 Å². The molecule has 1 saturated heterocycles. The Morgan fingerprint density at radius 2 is 1.94 bits per heavy atom. The third-order valence-electron chi connectivity index (χ3n) is 2.99. The second kappa shape index (κ2) is 4.22. The van der Waals surface area contributed by atoms with Crippen LogP contribution < -0.4 is 10.6 Å². The molecule has 1 aliphatic rings. The number of hydrogen-bond donors (Lipinski definition) is 2. The Kier molecular flexibility index (Phi) is 2.92. The fourth-order valence-corrected chi connectivity index (χ4v) is 1.90. The topological polar surface area (TPSA) is 41.1 Å². The minimum absolute atomic E-state index is 0.0587. The van der Waals surface area contributed by atoms with Crippen LogP contribution in [0, 0.1) is 5.82 Å². The molecular weight excluding hydrogens is 207 g/mol. The summed E-state index contributed by atoms with van der Waals surface area (Å²) in [5.74, 6) is -0.349. The Morgan fingerprint density at radius 3 is 2.62 bits per heavy atom. The van der Waals surface area contributed by atoms with Gasteiger partial charge in [0.2, 0.25) is 5.91 Å². The fourth-order valence-electron chi connectivity index (χ4n) is 1.90. The van der Waals surface area contributed by atoms with Crippen molar-refractivity contribution in [2.45, 2.75) is 18.9 Å². The van der Waals surface area contributed by atoms with Crippen LogP contribution in [0.3, 0.4) is 0 Å².